The van der Waals surface area contributed by atoms with Crippen molar-refractivity contribution in [1.29, 1.82) is 0 Å². The molecule has 0 atom stereocenters. The van der Waals surface area contributed by atoms with E-state index >= 15 is 0 Å². The average molecular weight is 280 g/mol. The van der Waals surface area contributed by atoms with Gasteiger partial charge in [0.25, 0.3) is 0 Å². The van der Waals surface area contributed by atoms with Crippen molar-refractivity contribution in [1.82, 2.24) is 5.32 Å². The second-order valence-corrected chi connectivity index (χ2v) is 5.66. The summed E-state index contributed by atoms with van der Waals surface area (Å²) in [5, 5.41) is 12.7. The molecule has 1 amide bonds. The van der Waals surface area contributed by atoms with Crippen LogP contribution in [0.5, 0.6) is 0 Å². The van der Waals surface area contributed by atoms with E-state index in [9.17, 15) is 9.90 Å². The molecule has 0 spiro atoms. The quantitative estimate of drug-likeness (QED) is 0.814. The number of nitrogens with one attached hydrogen (secondary N) is 1. The zero-order valence-electron chi connectivity index (χ0n) is 10.9. The number of benzene rings is 1. The summed E-state index contributed by atoms with van der Waals surface area (Å²) in [6.07, 6.45) is 3.80. The Bertz CT molecular complexity index is 489. The van der Waals surface area contributed by atoms with E-state index in [1.807, 2.05) is 18.2 Å². The van der Waals surface area contributed by atoms with Gasteiger partial charge in [0.15, 0.2) is 0 Å². The van der Waals surface area contributed by atoms with Gasteiger partial charge in [-0.3, -0.25) is 4.79 Å². The van der Waals surface area contributed by atoms with Gasteiger partial charge in [-0.1, -0.05) is 23.7 Å². The standard InChI is InChI=1S/C15H18ClNO2/c1-11(8-12-2-4-13(16)5-3-12)14(19)17-9-15(10-18)6-7-15/h2-5,8,18H,6-7,9-10H2,1H3,(H,17,19)/b11-8-. The van der Waals surface area contributed by atoms with E-state index in [0.717, 1.165) is 18.4 Å². The van der Waals surface area contributed by atoms with Gasteiger partial charge < -0.3 is 10.4 Å². The second kappa shape index (κ2) is 5.76. The van der Waals surface area contributed by atoms with Crippen molar-refractivity contribution in [3.63, 3.8) is 0 Å². The fraction of sp³-hybridized carbons (Fsp3) is 0.400. The first-order valence-corrected chi connectivity index (χ1v) is 6.75. The lowest BCUT2D eigenvalue weighted by Gasteiger charge is -2.12. The highest BCUT2D eigenvalue weighted by Crippen LogP contribution is 2.44. The Balaban J connectivity index is 1.93. The van der Waals surface area contributed by atoms with Crippen LogP contribution in [0.15, 0.2) is 29.8 Å². The van der Waals surface area contributed by atoms with E-state index in [1.54, 1.807) is 19.1 Å². The molecule has 0 radical (unpaired) electrons. The predicted octanol–water partition coefficient (Wildman–Crippen LogP) is 2.63. The Morgan fingerprint density at radius 2 is 2.05 bits per heavy atom. The summed E-state index contributed by atoms with van der Waals surface area (Å²) in [5.74, 6) is -0.0883. The van der Waals surface area contributed by atoms with E-state index < -0.39 is 0 Å². The van der Waals surface area contributed by atoms with Crippen LogP contribution < -0.4 is 5.32 Å². The van der Waals surface area contributed by atoms with Crippen LogP contribution in [0.1, 0.15) is 25.3 Å². The van der Waals surface area contributed by atoms with E-state index in [1.165, 1.54) is 0 Å². The molecule has 1 aromatic carbocycles. The third-order valence-electron chi connectivity index (χ3n) is 3.53. The summed E-state index contributed by atoms with van der Waals surface area (Å²) >= 11 is 5.81. The summed E-state index contributed by atoms with van der Waals surface area (Å²) < 4.78 is 0. The zero-order valence-corrected chi connectivity index (χ0v) is 11.7. The van der Waals surface area contributed by atoms with E-state index in [0.29, 0.717) is 17.1 Å². The highest BCUT2D eigenvalue weighted by atomic mass is 35.5. The summed E-state index contributed by atoms with van der Waals surface area (Å²) in [4.78, 5) is 11.9. The van der Waals surface area contributed by atoms with Gasteiger partial charge in [-0.2, -0.15) is 0 Å². The average Bonchev–Trinajstić information content (AvgIpc) is 3.19. The van der Waals surface area contributed by atoms with Crippen LogP contribution in [0.4, 0.5) is 0 Å². The molecule has 102 valence electrons. The maximum atomic E-state index is 11.9. The predicted molar refractivity (Wildman–Crippen MR) is 76.9 cm³/mol. The van der Waals surface area contributed by atoms with Crippen LogP contribution >= 0.6 is 11.6 Å². The molecular formula is C15H18ClNO2. The Morgan fingerprint density at radius 1 is 1.42 bits per heavy atom. The molecule has 1 aromatic rings. The second-order valence-electron chi connectivity index (χ2n) is 5.22. The van der Waals surface area contributed by atoms with Crippen molar-refractivity contribution in [2.75, 3.05) is 13.2 Å². The summed E-state index contributed by atoms with van der Waals surface area (Å²) in [6, 6.07) is 7.33. The molecule has 0 aliphatic heterocycles. The molecule has 2 rings (SSSR count). The van der Waals surface area contributed by atoms with Crippen molar-refractivity contribution in [3.8, 4) is 0 Å². The van der Waals surface area contributed by atoms with Crippen molar-refractivity contribution in [2.45, 2.75) is 19.8 Å². The topological polar surface area (TPSA) is 49.3 Å². The van der Waals surface area contributed by atoms with Crippen LogP contribution in [0.3, 0.4) is 0 Å². The highest BCUT2D eigenvalue weighted by molar-refractivity contribution is 6.30. The molecule has 4 heteroatoms. The highest BCUT2D eigenvalue weighted by Gasteiger charge is 2.42. The van der Waals surface area contributed by atoms with Gasteiger partial charge in [0, 0.05) is 22.6 Å². The van der Waals surface area contributed by atoms with Gasteiger partial charge in [-0.15, -0.1) is 0 Å². The minimum absolute atomic E-state index is 0.0593. The largest absolute Gasteiger partial charge is 0.396 e. The van der Waals surface area contributed by atoms with Crippen molar-refractivity contribution in [2.24, 2.45) is 5.41 Å². The van der Waals surface area contributed by atoms with Crippen LogP contribution in [0.2, 0.25) is 5.02 Å². The molecule has 1 fully saturated rings. The minimum Gasteiger partial charge on any atom is -0.396 e. The van der Waals surface area contributed by atoms with Crippen LogP contribution in [0.25, 0.3) is 6.08 Å². The van der Waals surface area contributed by atoms with Crippen LogP contribution in [-0.4, -0.2) is 24.2 Å². The van der Waals surface area contributed by atoms with E-state index in [4.69, 9.17) is 11.6 Å². The number of hydrogen-bond donors (Lipinski definition) is 2. The number of amides is 1. The van der Waals surface area contributed by atoms with Gasteiger partial charge >= 0.3 is 0 Å². The number of aliphatic hydroxyl groups excluding tert-OH is 1. The van der Waals surface area contributed by atoms with Gasteiger partial charge in [-0.25, -0.2) is 0 Å². The lowest BCUT2D eigenvalue weighted by Crippen LogP contribution is -2.32. The molecule has 1 aliphatic carbocycles. The smallest absolute Gasteiger partial charge is 0.246 e. The first kappa shape index (κ1) is 14.1. The normalized spacial score (nSPS) is 17.1. The molecule has 0 bridgehead atoms. The molecule has 0 unspecified atom stereocenters. The van der Waals surface area contributed by atoms with E-state index in [2.05, 4.69) is 5.32 Å². The first-order valence-electron chi connectivity index (χ1n) is 6.38. The SMILES string of the molecule is C/C(=C/c1ccc(Cl)cc1)C(=O)NCC1(CO)CC1. The minimum atomic E-state index is -0.0883. The van der Waals surface area contributed by atoms with Crippen LogP contribution in [0, 0.1) is 5.41 Å². The molecule has 0 saturated heterocycles. The maximum absolute atomic E-state index is 11.9. The molecule has 2 N–H and O–H groups in total. The third kappa shape index (κ3) is 3.82. The molecule has 1 saturated carbocycles. The van der Waals surface area contributed by atoms with Gasteiger partial charge in [0.1, 0.15) is 0 Å². The number of aliphatic hydroxyl groups is 1. The zero-order chi connectivity index (χ0) is 13.9. The fourth-order valence-corrected chi connectivity index (χ4v) is 1.98. The molecular weight excluding hydrogens is 262 g/mol. The van der Waals surface area contributed by atoms with E-state index in [-0.39, 0.29) is 17.9 Å². The molecule has 19 heavy (non-hydrogen) atoms. The molecule has 3 nitrogen and oxygen atoms in total. The number of halogens is 1. The van der Waals surface area contributed by atoms with Gasteiger partial charge in [-0.05, 0) is 43.5 Å². The van der Waals surface area contributed by atoms with Crippen molar-refractivity contribution < 1.29 is 9.90 Å². The Labute approximate surface area is 118 Å². The van der Waals surface area contributed by atoms with Gasteiger partial charge in [0.05, 0.1) is 6.61 Å². The van der Waals surface area contributed by atoms with Gasteiger partial charge in [0.2, 0.25) is 5.91 Å². The van der Waals surface area contributed by atoms with Crippen molar-refractivity contribution >= 4 is 23.6 Å². The third-order valence-corrected chi connectivity index (χ3v) is 3.78. The van der Waals surface area contributed by atoms with Crippen LogP contribution in [-0.2, 0) is 4.79 Å². The Hall–Kier alpha value is -1.32. The maximum Gasteiger partial charge on any atom is 0.246 e. The monoisotopic (exact) mass is 279 g/mol. The molecule has 0 heterocycles. The summed E-state index contributed by atoms with van der Waals surface area (Å²) in [7, 11) is 0. The first-order chi connectivity index (χ1) is 9.04. The number of hydrogen-bond acceptors (Lipinski definition) is 2. The number of rotatable bonds is 5. The van der Waals surface area contributed by atoms with Crippen molar-refractivity contribution in [3.05, 3.63) is 40.4 Å². The molecule has 0 aromatic heterocycles. The lowest BCUT2D eigenvalue weighted by atomic mass is 10.1. The lowest BCUT2D eigenvalue weighted by molar-refractivity contribution is -0.117. The summed E-state index contributed by atoms with van der Waals surface area (Å²) in [6.45, 7) is 2.48. The number of carbonyl (C=O) groups excluding carboxylic acids is 1. The number of carbonyl (C=O) groups is 1. The Kier molecular flexibility index (Phi) is 4.27. The molecule has 1 aliphatic rings. The Morgan fingerprint density at radius 3 is 2.58 bits per heavy atom. The fourth-order valence-electron chi connectivity index (χ4n) is 1.85. The summed E-state index contributed by atoms with van der Waals surface area (Å²) in [5.41, 5.74) is 1.53.